The van der Waals surface area contributed by atoms with Crippen LogP contribution in [0.3, 0.4) is 0 Å². The van der Waals surface area contributed by atoms with Crippen LogP contribution in [0.5, 0.6) is 11.5 Å². The summed E-state index contributed by atoms with van der Waals surface area (Å²) in [6, 6.07) is 12.3. The van der Waals surface area contributed by atoms with E-state index in [2.05, 4.69) is 34.6 Å². The number of aromatic amines is 1. The van der Waals surface area contributed by atoms with Crippen LogP contribution >= 0.6 is 0 Å². The molecule has 0 bridgehead atoms. The molecule has 1 aliphatic rings. The standard InChI is InChI=1S/C16H15N3O2/c1-10(11-5-6-15-16(7-11)21-9-20-15)18-13-3-2-4-14-12(13)8-17-19-14/h2-8,10,18H,9H2,1H3,(H,17,19). The van der Waals surface area contributed by atoms with E-state index in [1.54, 1.807) is 0 Å². The van der Waals surface area contributed by atoms with Crippen molar-refractivity contribution in [2.75, 3.05) is 12.1 Å². The van der Waals surface area contributed by atoms with Crippen molar-refractivity contribution < 1.29 is 9.47 Å². The van der Waals surface area contributed by atoms with Crippen LogP contribution in [0.4, 0.5) is 5.69 Å². The van der Waals surface area contributed by atoms with Crippen molar-refractivity contribution in [3.8, 4) is 11.5 Å². The van der Waals surface area contributed by atoms with E-state index in [1.165, 1.54) is 0 Å². The van der Waals surface area contributed by atoms with Gasteiger partial charge in [0.2, 0.25) is 6.79 Å². The average molecular weight is 281 g/mol. The van der Waals surface area contributed by atoms with E-state index in [9.17, 15) is 0 Å². The van der Waals surface area contributed by atoms with E-state index >= 15 is 0 Å². The summed E-state index contributed by atoms with van der Waals surface area (Å²) in [5, 5.41) is 11.7. The second-order valence-electron chi connectivity index (χ2n) is 5.12. The summed E-state index contributed by atoms with van der Waals surface area (Å²) >= 11 is 0. The van der Waals surface area contributed by atoms with Crippen molar-refractivity contribution in [2.24, 2.45) is 0 Å². The summed E-state index contributed by atoms with van der Waals surface area (Å²) in [6.45, 7) is 2.42. The number of hydrogen-bond donors (Lipinski definition) is 2. The quantitative estimate of drug-likeness (QED) is 0.772. The van der Waals surface area contributed by atoms with Gasteiger partial charge < -0.3 is 14.8 Å². The highest BCUT2D eigenvalue weighted by atomic mass is 16.7. The average Bonchev–Trinajstić information content (AvgIpc) is 3.15. The van der Waals surface area contributed by atoms with Gasteiger partial charge in [-0.15, -0.1) is 0 Å². The molecule has 2 aromatic carbocycles. The maximum Gasteiger partial charge on any atom is 0.231 e. The largest absolute Gasteiger partial charge is 0.454 e. The monoisotopic (exact) mass is 281 g/mol. The van der Waals surface area contributed by atoms with Gasteiger partial charge in [0.15, 0.2) is 11.5 Å². The Kier molecular flexibility index (Phi) is 2.70. The summed E-state index contributed by atoms with van der Waals surface area (Å²) in [6.07, 6.45) is 1.84. The fourth-order valence-corrected chi connectivity index (χ4v) is 2.59. The first-order chi connectivity index (χ1) is 10.3. The number of hydrogen-bond acceptors (Lipinski definition) is 4. The third-order valence-electron chi connectivity index (χ3n) is 3.75. The number of ether oxygens (including phenoxy) is 2. The van der Waals surface area contributed by atoms with E-state index in [0.29, 0.717) is 6.79 Å². The molecule has 0 fully saturated rings. The Bertz CT molecular complexity index is 797. The van der Waals surface area contributed by atoms with Gasteiger partial charge in [-0.05, 0) is 36.8 Å². The first-order valence-electron chi connectivity index (χ1n) is 6.89. The number of rotatable bonds is 3. The van der Waals surface area contributed by atoms with Crippen LogP contribution in [-0.4, -0.2) is 17.0 Å². The number of fused-ring (bicyclic) bond motifs is 2. The normalized spacial score (nSPS) is 14.3. The van der Waals surface area contributed by atoms with Crippen LogP contribution in [0, 0.1) is 0 Å². The van der Waals surface area contributed by atoms with Crippen LogP contribution in [0.2, 0.25) is 0 Å². The van der Waals surface area contributed by atoms with Gasteiger partial charge in [-0.25, -0.2) is 0 Å². The minimum atomic E-state index is 0.153. The molecule has 2 N–H and O–H groups in total. The summed E-state index contributed by atoms with van der Waals surface area (Å²) in [5.41, 5.74) is 3.24. The summed E-state index contributed by atoms with van der Waals surface area (Å²) < 4.78 is 10.8. The van der Waals surface area contributed by atoms with Crippen LogP contribution in [0.15, 0.2) is 42.6 Å². The minimum Gasteiger partial charge on any atom is -0.454 e. The van der Waals surface area contributed by atoms with E-state index < -0.39 is 0 Å². The highest BCUT2D eigenvalue weighted by Crippen LogP contribution is 2.35. The molecule has 1 aromatic heterocycles. The van der Waals surface area contributed by atoms with Gasteiger partial charge in [-0.3, -0.25) is 5.10 Å². The van der Waals surface area contributed by atoms with E-state index in [1.807, 2.05) is 30.5 Å². The Labute approximate surface area is 121 Å². The molecule has 1 atom stereocenters. The van der Waals surface area contributed by atoms with Crippen molar-refractivity contribution in [3.05, 3.63) is 48.2 Å². The fraction of sp³-hybridized carbons (Fsp3) is 0.188. The lowest BCUT2D eigenvalue weighted by Crippen LogP contribution is -2.06. The number of anilines is 1. The number of benzene rings is 2. The zero-order valence-electron chi connectivity index (χ0n) is 11.6. The lowest BCUT2D eigenvalue weighted by atomic mass is 10.1. The molecule has 0 radical (unpaired) electrons. The van der Waals surface area contributed by atoms with Gasteiger partial charge in [0, 0.05) is 17.1 Å². The highest BCUT2D eigenvalue weighted by Gasteiger charge is 2.16. The summed E-state index contributed by atoms with van der Waals surface area (Å²) in [7, 11) is 0. The van der Waals surface area contributed by atoms with Crippen LogP contribution in [0.1, 0.15) is 18.5 Å². The zero-order chi connectivity index (χ0) is 14.2. The molecule has 0 aliphatic carbocycles. The molecule has 3 aromatic rings. The molecule has 2 heterocycles. The molecule has 0 amide bonds. The van der Waals surface area contributed by atoms with Crippen molar-refractivity contribution >= 4 is 16.6 Å². The van der Waals surface area contributed by atoms with Crippen LogP contribution in [-0.2, 0) is 0 Å². The topological polar surface area (TPSA) is 59.2 Å². The number of nitrogens with zero attached hydrogens (tertiary/aromatic N) is 1. The molecule has 5 nitrogen and oxygen atoms in total. The second kappa shape index (κ2) is 4.70. The molecule has 1 aliphatic heterocycles. The number of H-pyrrole nitrogens is 1. The van der Waals surface area contributed by atoms with Crippen molar-refractivity contribution in [2.45, 2.75) is 13.0 Å². The molecule has 5 heteroatoms. The molecular weight excluding hydrogens is 266 g/mol. The Morgan fingerprint density at radius 3 is 3.05 bits per heavy atom. The third-order valence-corrected chi connectivity index (χ3v) is 3.75. The maximum absolute atomic E-state index is 5.43. The van der Waals surface area contributed by atoms with Crippen molar-refractivity contribution in [3.63, 3.8) is 0 Å². The maximum atomic E-state index is 5.43. The van der Waals surface area contributed by atoms with Gasteiger partial charge >= 0.3 is 0 Å². The highest BCUT2D eigenvalue weighted by molar-refractivity contribution is 5.91. The molecule has 21 heavy (non-hydrogen) atoms. The Morgan fingerprint density at radius 2 is 2.10 bits per heavy atom. The molecule has 106 valence electrons. The molecule has 4 rings (SSSR count). The predicted molar refractivity (Wildman–Crippen MR) is 80.7 cm³/mol. The van der Waals surface area contributed by atoms with Crippen LogP contribution in [0.25, 0.3) is 10.9 Å². The van der Waals surface area contributed by atoms with E-state index in [4.69, 9.17) is 9.47 Å². The fourth-order valence-electron chi connectivity index (χ4n) is 2.59. The first-order valence-corrected chi connectivity index (χ1v) is 6.89. The molecule has 0 spiro atoms. The molecular formula is C16H15N3O2. The molecule has 0 saturated carbocycles. The number of aromatic nitrogens is 2. The first kappa shape index (κ1) is 12.1. The summed E-state index contributed by atoms with van der Waals surface area (Å²) in [4.78, 5) is 0. The predicted octanol–water partition coefficient (Wildman–Crippen LogP) is 3.46. The van der Waals surface area contributed by atoms with Gasteiger partial charge in [0.05, 0.1) is 11.7 Å². The Morgan fingerprint density at radius 1 is 1.19 bits per heavy atom. The Balaban J connectivity index is 1.63. The third kappa shape index (κ3) is 2.07. The zero-order valence-corrected chi connectivity index (χ0v) is 11.6. The SMILES string of the molecule is CC(Nc1cccc2[nH]ncc12)c1ccc2c(c1)OCO2. The smallest absolute Gasteiger partial charge is 0.231 e. The number of nitrogens with one attached hydrogen (secondary N) is 2. The van der Waals surface area contributed by atoms with E-state index in [-0.39, 0.29) is 6.04 Å². The van der Waals surface area contributed by atoms with Gasteiger partial charge in [0.1, 0.15) is 0 Å². The van der Waals surface area contributed by atoms with Gasteiger partial charge in [-0.2, -0.15) is 5.10 Å². The van der Waals surface area contributed by atoms with Crippen LogP contribution < -0.4 is 14.8 Å². The lowest BCUT2D eigenvalue weighted by Gasteiger charge is -2.16. The van der Waals surface area contributed by atoms with Gasteiger partial charge in [-0.1, -0.05) is 12.1 Å². The second-order valence-corrected chi connectivity index (χ2v) is 5.12. The summed E-state index contributed by atoms with van der Waals surface area (Å²) in [5.74, 6) is 1.62. The Hall–Kier alpha value is -2.69. The van der Waals surface area contributed by atoms with Crippen molar-refractivity contribution in [1.29, 1.82) is 0 Å². The molecule has 0 saturated heterocycles. The van der Waals surface area contributed by atoms with Gasteiger partial charge in [0.25, 0.3) is 0 Å². The molecule has 1 unspecified atom stereocenters. The van der Waals surface area contributed by atoms with Crippen molar-refractivity contribution in [1.82, 2.24) is 10.2 Å². The lowest BCUT2D eigenvalue weighted by molar-refractivity contribution is 0.174. The van der Waals surface area contributed by atoms with E-state index in [0.717, 1.165) is 33.7 Å². The minimum absolute atomic E-state index is 0.153.